The van der Waals surface area contributed by atoms with E-state index in [1.807, 2.05) is 0 Å². The van der Waals surface area contributed by atoms with Crippen LogP contribution >= 0.6 is 0 Å². The molecule has 2 aromatic heterocycles. The van der Waals surface area contributed by atoms with E-state index in [-0.39, 0.29) is 5.88 Å². The predicted molar refractivity (Wildman–Crippen MR) is 49.1 cm³/mol. The van der Waals surface area contributed by atoms with Crippen LogP contribution in [-0.4, -0.2) is 26.9 Å². The van der Waals surface area contributed by atoms with Crippen molar-refractivity contribution in [1.29, 1.82) is 0 Å². The molecule has 16 heavy (non-hydrogen) atoms. The number of hydrogen-bond acceptors (Lipinski definition) is 3. The van der Waals surface area contributed by atoms with Crippen molar-refractivity contribution >= 4 is 5.65 Å². The van der Waals surface area contributed by atoms with E-state index in [1.54, 1.807) is 0 Å². The van der Waals surface area contributed by atoms with Gasteiger partial charge in [0.1, 0.15) is 0 Å². The standard InChI is InChI=1S/C9H8F3N3O/c1-6(9(10,11)12)16-8-3-2-7-13-4-5-15(7)14-8/h2-6H,1H3. The van der Waals surface area contributed by atoms with Gasteiger partial charge in [-0.05, 0) is 13.0 Å². The quantitative estimate of drug-likeness (QED) is 0.794. The van der Waals surface area contributed by atoms with Gasteiger partial charge in [-0.25, -0.2) is 9.50 Å². The van der Waals surface area contributed by atoms with Gasteiger partial charge in [0.15, 0.2) is 11.8 Å². The summed E-state index contributed by atoms with van der Waals surface area (Å²) >= 11 is 0. The van der Waals surface area contributed by atoms with Crippen molar-refractivity contribution < 1.29 is 17.9 Å². The van der Waals surface area contributed by atoms with Gasteiger partial charge in [-0.15, -0.1) is 5.10 Å². The maximum atomic E-state index is 12.2. The van der Waals surface area contributed by atoms with Crippen LogP contribution in [0.15, 0.2) is 24.5 Å². The lowest BCUT2D eigenvalue weighted by Gasteiger charge is -2.16. The minimum absolute atomic E-state index is 0.0877. The first-order valence-corrected chi connectivity index (χ1v) is 4.50. The molecule has 1 unspecified atom stereocenters. The fourth-order valence-electron chi connectivity index (χ4n) is 1.11. The highest BCUT2D eigenvalue weighted by Crippen LogP contribution is 2.23. The topological polar surface area (TPSA) is 39.4 Å². The molecule has 2 rings (SSSR count). The van der Waals surface area contributed by atoms with E-state index in [4.69, 9.17) is 0 Å². The molecule has 0 amide bonds. The molecule has 0 fully saturated rings. The molecule has 0 spiro atoms. The summed E-state index contributed by atoms with van der Waals surface area (Å²) in [7, 11) is 0. The first kappa shape index (κ1) is 10.7. The van der Waals surface area contributed by atoms with E-state index in [0.29, 0.717) is 5.65 Å². The van der Waals surface area contributed by atoms with Crippen LogP contribution in [-0.2, 0) is 0 Å². The van der Waals surface area contributed by atoms with Crippen molar-refractivity contribution in [1.82, 2.24) is 14.6 Å². The fourth-order valence-corrected chi connectivity index (χ4v) is 1.11. The smallest absolute Gasteiger partial charge is 0.425 e. The van der Waals surface area contributed by atoms with Gasteiger partial charge in [-0.3, -0.25) is 0 Å². The average Bonchev–Trinajstić information content (AvgIpc) is 2.63. The van der Waals surface area contributed by atoms with E-state index < -0.39 is 12.3 Å². The first-order chi connectivity index (χ1) is 7.47. The molecule has 0 aliphatic rings. The molecule has 86 valence electrons. The molecule has 0 aliphatic heterocycles. The number of ether oxygens (including phenoxy) is 1. The second-order valence-electron chi connectivity index (χ2n) is 3.20. The van der Waals surface area contributed by atoms with E-state index >= 15 is 0 Å². The number of nitrogens with zero attached hydrogens (tertiary/aromatic N) is 3. The Balaban J connectivity index is 2.21. The second kappa shape index (κ2) is 3.66. The summed E-state index contributed by atoms with van der Waals surface area (Å²) in [6.07, 6.45) is -3.26. The van der Waals surface area contributed by atoms with E-state index in [0.717, 1.165) is 6.92 Å². The summed E-state index contributed by atoms with van der Waals surface area (Å²) in [5, 5.41) is 3.82. The molecule has 0 N–H and O–H groups in total. The largest absolute Gasteiger partial charge is 0.464 e. The normalized spacial score (nSPS) is 14.0. The van der Waals surface area contributed by atoms with E-state index in [2.05, 4.69) is 14.8 Å². The maximum absolute atomic E-state index is 12.2. The third-order valence-electron chi connectivity index (χ3n) is 1.99. The molecule has 4 nitrogen and oxygen atoms in total. The number of rotatable bonds is 2. The van der Waals surface area contributed by atoms with Gasteiger partial charge >= 0.3 is 6.18 Å². The average molecular weight is 231 g/mol. The Morgan fingerprint density at radius 3 is 2.81 bits per heavy atom. The summed E-state index contributed by atoms with van der Waals surface area (Å²) in [5.41, 5.74) is 0.548. The third-order valence-corrected chi connectivity index (χ3v) is 1.99. The number of alkyl halides is 3. The van der Waals surface area contributed by atoms with Crippen LogP contribution in [0.3, 0.4) is 0 Å². The summed E-state index contributed by atoms with van der Waals surface area (Å²) in [6.45, 7) is 0.930. The molecule has 0 bridgehead atoms. The Labute approximate surface area is 88.7 Å². The lowest BCUT2D eigenvalue weighted by Crippen LogP contribution is -2.31. The number of imidazole rings is 1. The molecule has 0 aromatic carbocycles. The summed E-state index contributed by atoms with van der Waals surface area (Å²) in [4.78, 5) is 3.91. The van der Waals surface area contributed by atoms with Crippen LogP contribution in [0.5, 0.6) is 5.88 Å². The van der Waals surface area contributed by atoms with Crippen LogP contribution in [0.25, 0.3) is 5.65 Å². The highest BCUT2D eigenvalue weighted by atomic mass is 19.4. The lowest BCUT2D eigenvalue weighted by molar-refractivity contribution is -0.190. The molecule has 1 atom stereocenters. The fraction of sp³-hybridized carbons (Fsp3) is 0.333. The van der Waals surface area contributed by atoms with E-state index in [9.17, 15) is 13.2 Å². The second-order valence-corrected chi connectivity index (χ2v) is 3.20. The molecule has 0 saturated carbocycles. The van der Waals surface area contributed by atoms with Crippen molar-refractivity contribution in [3.05, 3.63) is 24.5 Å². The van der Waals surface area contributed by atoms with Crippen LogP contribution in [0.4, 0.5) is 13.2 Å². The highest BCUT2D eigenvalue weighted by Gasteiger charge is 2.38. The predicted octanol–water partition coefficient (Wildman–Crippen LogP) is 2.06. The third kappa shape index (κ3) is 2.07. The molecule has 0 radical (unpaired) electrons. The van der Waals surface area contributed by atoms with Crippen molar-refractivity contribution in [2.75, 3.05) is 0 Å². The minimum atomic E-state index is -4.40. The number of hydrogen-bond donors (Lipinski definition) is 0. The Morgan fingerprint density at radius 2 is 2.12 bits per heavy atom. The first-order valence-electron chi connectivity index (χ1n) is 4.50. The molecular formula is C9H8F3N3O. The summed E-state index contributed by atoms with van der Waals surface area (Å²) in [6, 6.07) is 2.88. The van der Waals surface area contributed by atoms with Crippen molar-refractivity contribution in [2.24, 2.45) is 0 Å². The van der Waals surface area contributed by atoms with E-state index in [1.165, 1.54) is 29.0 Å². The maximum Gasteiger partial charge on any atom is 0.425 e. The van der Waals surface area contributed by atoms with Gasteiger partial charge in [0.2, 0.25) is 5.88 Å². The highest BCUT2D eigenvalue weighted by molar-refractivity contribution is 5.37. The Morgan fingerprint density at radius 1 is 1.38 bits per heavy atom. The molecule has 7 heteroatoms. The van der Waals surface area contributed by atoms with Crippen molar-refractivity contribution in [3.63, 3.8) is 0 Å². The Hall–Kier alpha value is -1.79. The zero-order valence-corrected chi connectivity index (χ0v) is 8.27. The molecule has 2 heterocycles. The van der Waals surface area contributed by atoms with Crippen LogP contribution in [0.1, 0.15) is 6.92 Å². The van der Waals surface area contributed by atoms with Gasteiger partial charge in [0.25, 0.3) is 0 Å². The summed E-state index contributed by atoms with van der Waals surface area (Å²) in [5.74, 6) is -0.0877. The Bertz CT molecular complexity index is 494. The molecule has 0 aliphatic carbocycles. The Kier molecular flexibility index (Phi) is 2.45. The van der Waals surface area contributed by atoms with Crippen molar-refractivity contribution in [3.8, 4) is 5.88 Å². The van der Waals surface area contributed by atoms with Crippen LogP contribution < -0.4 is 4.74 Å². The summed E-state index contributed by atoms with van der Waals surface area (Å²) < 4.78 is 42.7. The SMILES string of the molecule is CC(Oc1ccc2nccn2n1)C(F)(F)F. The lowest BCUT2D eigenvalue weighted by atomic mass is 10.4. The molecule has 0 saturated heterocycles. The van der Waals surface area contributed by atoms with Gasteiger partial charge in [-0.1, -0.05) is 0 Å². The van der Waals surface area contributed by atoms with Gasteiger partial charge in [0.05, 0.1) is 0 Å². The van der Waals surface area contributed by atoms with Crippen molar-refractivity contribution in [2.45, 2.75) is 19.2 Å². The monoisotopic (exact) mass is 231 g/mol. The number of fused-ring (bicyclic) bond motifs is 1. The number of halogens is 3. The zero-order valence-electron chi connectivity index (χ0n) is 8.27. The molecule has 2 aromatic rings. The van der Waals surface area contributed by atoms with Crippen LogP contribution in [0, 0.1) is 0 Å². The molecular weight excluding hydrogens is 223 g/mol. The van der Waals surface area contributed by atoms with Gasteiger partial charge in [0, 0.05) is 18.5 Å². The van der Waals surface area contributed by atoms with Crippen LogP contribution in [0.2, 0.25) is 0 Å². The zero-order chi connectivity index (χ0) is 11.8. The minimum Gasteiger partial charge on any atom is -0.464 e. The van der Waals surface area contributed by atoms with Gasteiger partial charge < -0.3 is 4.74 Å². The number of aromatic nitrogens is 3. The van der Waals surface area contributed by atoms with Gasteiger partial charge in [-0.2, -0.15) is 13.2 Å².